The summed E-state index contributed by atoms with van der Waals surface area (Å²) in [7, 11) is 0. The van der Waals surface area contributed by atoms with Crippen molar-refractivity contribution in [2.45, 2.75) is 6.54 Å². The maximum Gasteiger partial charge on any atom is 0.282 e. The zero-order valence-corrected chi connectivity index (χ0v) is 23.1. The summed E-state index contributed by atoms with van der Waals surface area (Å²) in [6, 6.07) is 32.6. The summed E-state index contributed by atoms with van der Waals surface area (Å²) in [6.45, 7) is 0.523. The Balaban J connectivity index is 1.38. The number of halogens is 1. The van der Waals surface area contributed by atoms with Gasteiger partial charge in [0.25, 0.3) is 5.56 Å². The molecule has 7 aromatic rings. The fourth-order valence-corrected chi connectivity index (χ4v) is 5.47. The number of hydrogen-bond donors (Lipinski definition) is 0. The first kappa shape index (κ1) is 24.8. The number of para-hydroxylation sites is 2. The third-order valence-corrected chi connectivity index (χ3v) is 7.56. The average Bonchev–Trinajstić information content (AvgIpc) is 3.58. The van der Waals surface area contributed by atoms with Crippen molar-refractivity contribution >= 4 is 54.9 Å². The van der Waals surface area contributed by atoms with Crippen LogP contribution in [-0.4, -0.2) is 20.4 Å². The summed E-state index contributed by atoms with van der Waals surface area (Å²) in [5.41, 5.74) is 4.33. The van der Waals surface area contributed by atoms with Gasteiger partial charge in [0.2, 0.25) is 5.82 Å². The lowest BCUT2D eigenvalue weighted by Gasteiger charge is -2.07. The lowest BCUT2D eigenvalue weighted by Crippen LogP contribution is -2.20. The van der Waals surface area contributed by atoms with Crippen molar-refractivity contribution in [3.05, 3.63) is 135 Å². The zero-order chi connectivity index (χ0) is 27.9. The van der Waals surface area contributed by atoms with E-state index in [2.05, 4.69) is 31.7 Å². The van der Waals surface area contributed by atoms with Gasteiger partial charge in [0.15, 0.2) is 5.76 Å². The molecule has 0 amide bonds. The average molecular weight is 598 g/mol. The molecule has 7 nitrogen and oxygen atoms in total. The Morgan fingerprint density at radius 2 is 1.73 bits per heavy atom. The Kier molecular flexibility index (Phi) is 6.07. The molecule has 3 heterocycles. The Morgan fingerprint density at radius 1 is 0.951 bits per heavy atom. The zero-order valence-electron chi connectivity index (χ0n) is 21.5. The van der Waals surface area contributed by atoms with Gasteiger partial charge in [-0.3, -0.25) is 4.79 Å². The van der Waals surface area contributed by atoms with E-state index in [1.807, 2.05) is 91.1 Å². The van der Waals surface area contributed by atoms with E-state index >= 15 is 0 Å². The van der Waals surface area contributed by atoms with Gasteiger partial charge >= 0.3 is 0 Å². The summed E-state index contributed by atoms with van der Waals surface area (Å²) in [5.74, 6) is 0.748. The number of aromatic nitrogens is 3. The van der Waals surface area contributed by atoms with Crippen LogP contribution < -0.4 is 5.56 Å². The van der Waals surface area contributed by atoms with E-state index < -0.39 is 0 Å². The topological polar surface area (TPSA) is 89.1 Å². The molecule has 0 atom stereocenters. The van der Waals surface area contributed by atoms with Crippen LogP contribution >= 0.6 is 15.9 Å². The van der Waals surface area contributed by atoms with E-state index in [0.717, 1.165) is 31.9 Å². The molecule has 0 radical (unpaired) electrons. The molecule has 0 saturated carbocycles. The second-order valence-corrected chi connectivity index (χ2v) is 10.5. The molecular weight excluding hydrogens is 578 g/mol. The molecule has 41 heavy (non-hydrogen) atoms. The summed E-state index contributed by atoms with van der Waals surface area (Å²) < 4.78 is 10.4. The summed E-state index contributed by atoms with van der Waals surface area (Å²) in [6.07, 6.45) is 3.66. The summed E-state index contributed by atoms with van der Waals surface area (Å²) in [5, 5.41) is 16.6. The molecule has 0 saturated heterocycles. The van der Waals surface area contributed by atoms with Crippen molar-refractivity contribution < 1.29 is 4.42 Å². The van der Waals surface area contributed by atoms with E-state index in [4.69, 9.17) is 9.40 Å². The van der Waals surface area contributed by atoms with Gasteiger partial charge in [-0.2, -0.15) is 15.0 Å². The Bertz CT molecular complexity index is 2250. The van der Waals surface area contributed by atoms with E-state index in [1.165, 1.54) is 4.68 Å². The lowest BCUT2D eigenvalue weighted by molar-refractivity contribution is 0.616. The van der Waals surface area contributed by atoms with Crippen LogP contribution in [0.15, 0.2) is 122 Å². The Morgan fingerprint density at radius 3 is 2.61 bits per heavy atom. The molecule has 0 unspecified atom stereocenters. The second kappa shape index (κ2) is 10.0. The maximum absolute atomic E-state index is 13.7. The summed E-state index contributed by atoms with van der Waals surface area (Å²) >= 11 is 3.50. The van der Waals surface area contributed by atoms with E-state index in [-0.39, 0.29) is 5.56 Å². The first-order valence-corrected chi connectivity index (χ1v) is 13.7. The van der Waals surface area contributed by atoms with Gasteiger partial charge in [-0.1, -0.05) is 64.5 Å². The number of benzene rings is 4. The van der Waals surface area contributed by atoms with Crippen molar-refractivity contribution in [3.8, 4) is 17.7 Å². The largest absolute Gasteiger partial charge is 0.453 e. The van der Waals surface area contributed by atoms with Gasteiger partial charge in [0, 0.05) is 39.1 Å². The normalized spacial score (nSPS) is 11.6. The number of fused-ring (bicyclic) bond motifs is 3. The molecular formula is C33H20BrN5O2. The molecule has 0 aliphatic rings. The highest BCUT2D eigenvalue weighted by molar-refractivity contribution is 9.10. The second-order valence-electron chi connectivity index (χ2n) is 9.61. The number of hydrogen-bond acceptors (Lipinski definition) is 5. The van der Waals surface area contributed by atoms with Crippen molar-refractivity contribution in [2.75, 3.05) is 0 Å². The minimum Gasteiger partial charge on any atom is -0.453 e. The maximum atomic E-state index is 13.7. The molecule has 8 heteroatoms. The minimum absolute atomic E-state index is 0.296. The highest BCUT2D eigenvalue weighted by atomic mass is 79.9. The van der Waals surface area contributed by atoms with Crippen molar-refractivity contribution in [1.29, 1.82) is 5.26 Å². The molecule has 7 rings (SSSR count). The molecule has 196 valence electrons. The summed E-state index contributed by atoms with van der Waals surface area (Å²) in [4.78, 5) is 18.5. The standard InChI is InChI=1S/C33H20BrN5O2/c34-25-13-14-30-23(15-25)16-31(41-30)32-37-28-11-5-3-10-27(28)33(40)39(32)36-18-24-20-38(29-12-6-4-9-26(24)29)19-22-8-2-1-7-21(22)17-35/h1-16,18,20H,19H2. The van der Waals surface area contributed by atoms with Crippen LogP contribution in [0, 0.1) is 11.3 Å². The molecule has 0 aliphatic carbocycles. The van der Waals surface area contributed by atoms with Gasteiger partial charge in [0.05, 0.1) is 28.8 Å². The fourth-order valence-electron chi connectivity index (χ4n) is 5.09. The van der Waals surface area contributed by atoms with Crippen molar-refractivity contribution in [2.24, 2.45) is 5.10 Å². The molecule has 0 N–H and O–H groups in total. The van der Waals surface area contributed by atoms with Crippen LogP contribution in [-0.2, 0) is 6.54 Å². The number of nitrogens with zero attached hydrogens (tertiary/aromatic N) is 5. The van der Waals surface area contributed by atoms with E-state index in [9.17, 15) is 10.1 Å². The molecule has 3 aromatic heterocycles. The Hall–Kier alpha value is -5.26. The fraction of sp³-hybridized carbons (Fsp3) is 0.0303. The number of furan rings is 1. The van der Waals surface area contributed by atoms with Crippen molar-refractivity contribution in [3.63, 3.8) is 0 Å². The predicted molar refractivity (Wildman–Crippen MR) is 164 cm³/mol. The smallest absolute Gasteiger partial charge is 0.282 e. The third-order valence-electron chi connectivity index (χ3n) is 7.06. The van der Waals surface area contributed by atoms with Crippen LogP contribution in [0.3, 0.4) is 0 Å². The van der Waals surface area contributed by atoms with Crippen LogP contribution in [0.2, 0.25) is 0 Å². The van der Waals surface area contributed by atoms with Gasteiger partial charge in [-0.15, -0.1) is 0 Å². The highest BCUT2D eigenvalue weighted by Gasteiger charge is 2.17. The third kappa shape index (κ3) is 4.42. The monoisotopic (exact) mass is 597 g/mol. The Labute approximate surface area is 242 Å². The quantitative estimate of drug-likeness (QED) is 0.194. The van der Waals surface area contributed by atoms with Gasteiger partial charge in [-0.25, -0.2) is 4.98 Å². The molecule has 0 fully saturated rings. The van der Waals surface area contributed by atoms with Gasteiger partial charge in [-0.05, 0) is 54.1 Å². The highest BCUT2D eigenvalue weighted by Crippen LogP contribution is 2.29. The molecule has 0 bridgehead atoms. The van der Waals surface area contributed by atoms with Gasteiger partial charge in [0.1, 0.15) is 5.58 Å². The first-order chi connectivity index (χ1) is 20.1. The predicted octanol–water partition coefficient (Wildman–Crippen LogP) is 7.33. The molecule has 4 aromatic carbocycles. The molecule has 0 aliphatic heterocycles. The van der Waals surface area contributed by atoms with Crippen LogP contribution in [0.1, 0.15) is 16.7 Å². The van der Waals surface area contributed by atoms with E-state index in [0.29, 0.717) is 40.2 Å². The number of nitriles is 1. The lowest BCUT2D eigenvalue weighted by atomic mass is 10.1. The van der Waals surface area contributed by atoms with Crippen molar-refractivity contribution in [1.82, 2.24) is 14.2 Å². The first-order valence-electron chi connectivity index (χ1n) is 12.9. The van der Waals surface area contributed by atoms with Crippen LogP contribution in [0.5, 0.6) is 0 Å². The van der Waals surface area contributed by atoms with E-state index in [1.54, 1.807) is 18.3 Å². The number of rotatable bonds is 5. The minimum atomic E-state index is -0.296. The SMILES string of the molecule is N#Cc1ccccc1Cn1cc(C=Nn2c(-c3cc4cc(Br)ccc4o3)nc3ccccc3c2=O)c2ccccc21. The van der Waals surface area contributed by atoms with Gasteiger partial charge < -0.3 is 8.98 Å². The molecule has 0 spiro atoms. The van der Waals surface area contributed by atoms with Crippen LogP contribution in [0.4, 0.5) is 0 Å². The van der Waals surface area contributed by atoms with Crippen LogP contribution in [0.25, 0.3) is 44.4 Å².